The third-order valence-corrected chi connectivity index (χ3v) is 1.85. The van der Waals surface area contributed by atoms with Gasteiger partial charge in [0.2, 0.25) is 0 Å². The van der Waals surface area contributed by atoms with Crippen LogP contribution in [0.15, 0.2) is 11.6 Å². The minimum Gasteiger partial charge on any atom is -0.386 e. The summed E-state index contributed by atoms with van der Waals surface area (Å²) in [6, 6.07) is 0. The normalized spacial score (nSPS) is 15.7. The minimum absolute atomic E-state index is 0.548. The van der Waals surface area contributed by atoms with Crippen molar-refractivity contribution in [3.8, 4) is 0 Å². The second-order valence-electron chi connectivity index (χ2n) is 3.43. The molecule has 66 valence electrons. The monoisotopic (exact) mass is 156 g/mol. The van der Waals surface area contributed by atoms with Gasteiger partial charge in [-0.3, -0.25) is 0 Å². The van der Waals surface area contributed by atoms with E-state index in [1.165, 1.54) is 5.57 Å². The van der Waals surface area contributed by atoms with E-state index in [1.54, 1.807) is 0 Å². The molecule has 0 saturated heterocycles. The van der Waals surface area contributed by atoms with Crippen molar-refractivity contribution in [3.05, 3.63) is 11.6 Å². The molecule has 0 spiro atoms. The Morgan fingerprint density at radius 1 is 1.36 bits per heavy atom. The maximum atomic E-state index is 9.91. The van der Waals surface area contributed by atoms with Gasteiger partial charge in [-0.15, -0.1) is 0 Å². The average Bonchev–Trinajstić information content (AvgIpc) is 1.87. The van der Waals surface area contributed by atoms with Crippen molar-refractivity contribution in [2.75, 3.05) is 0 Å². The summed E-state index contributed by atoms with van der Waals surface area (Å²) in [5.41, 5.74) is 0.649. The van der Waals surface area contributed by atoms with E-state index in [2.05, 4.69) is 6.92 Å². The van der Waals surface area contributed by atoms with Gasteiger partial charge in [0.05, 0.1) is 5.60 Å². The Labute approximate surface area is 70.1 Å². The number of rotatable bonds is 4. The van der Waals surface area contributed by atoms with Gasteiger partial charge in [0.1, 0.15) is 0 Å². The lowest BCUT2D eigenvalue weighted by Crippen LogP contribution is -2.24. The maximum absolute atomic E-state index is 9.91. The molecule has 1 nitrogen and oxygen atoms in total. The first-order chi connectivity index (χ1) is 5.04. The molecule has 0 bridgehead atoms. The smallest absolute Gasteiger partial charge is 0.0827 e. The largest absolute Gasteiger partial charge is 0.386 e. The topological polar surface area (TPSA) is 20.2 Å². The average molecular weight is 156 g/mol. The zero-order chi connectivity index (χ0) is 8.91. The highest BCUT2D eigenvalue weighted by Crippen LogP contribution is 2.20. The predicted molar refractivity (Wildman–Crippen MR) is 49.6 cm³/mol. The summed E-state index contributed by atoms with van der Waals surface area (Å²) in [4.78, 5) is 0. The van der Waals surface area contributed by atoms with Gasteiger partial charge < -0.3 is 5.11 Å². The van der Waals surface area contributed by atoms with Crippen LogP contribution in [0.2, 0.25) is 0 Å². The van der Waals surface area contributed by atoms with Crippen molar-refractivity contribution in [1.82, 2.24) is 0 Å². The van der Waals surface area contributed by atoms with Crippen molar-refractivity contribution < 1.29 is 5.11 Å². The number of hydrogen-bond donors (Lipinski definition) is 1. The molecule has 0 fully saturated rings. The summed E-state index contributed by atoms with van der Waals surface area (Å²) in [5, 5.41) is 9.91. The molecule has 0 aromatic carbocycles. The highest BCUT2D eigenvalue weighted by molar-refractivity contribution is 5.06. The fourth-order valence-electron chi connectivity index (χ4n) is 1.32. The van der Waals surface area contributed by atoms with Crippen molar-refractivity contribution in [1.29, 1.82) is 0 Å². The molecule has 0 rings (SSSR count). The first kappa shape index (κ1) is 10.7. The molecule has 1 N–H and O–H groups in total. The number of allylic oxidation sites excluding steroid dienone is 1. The molecule has 1 atom stereocenters. The third-order valence-electron chi connectivity index (χ3n) is 1.85. The van der Waals surface area contributed by atoms with Crippen LogP contribution >= 0.6 is 0 Å². The number of hydrogen-bond acceptors (Lipinski definition) is 1. The molecule has 0 heterocycles. The van der Waals surface area contributed by atoms with Crippen molar-refractivity contribution in [2.45, 2.75) is 52.6 Å². The van der Waals surface area contributed by atoms with Crippen molar-refractivity contribution in [3.63, 3.8) is 0 Å². The Balaban J connectivity index is 4.21. The fraction of sp³-hybridized carbons (Fsp3) is 0.800. The van der Waals surface area contributed by atoms with Crippen LogP contribution in [0.3, 0.4) is 0 Å². The van der Waals surface area contributed by atoms with Gasteiger partial charge in [-0.1, -0.05) is 31.9 Å². The lowest BCUT2D eigenvalue weighted by molar-refractivity contribution is 0.0758. The summed E-state index contributed by atoms with van der Waals surface area (Å²) >= 11 is 0. The molecule has 0 radical (unpaired) electrons. The molecule has 0 aliphatic rings. The number of aliphatic hydroxyl groups is 1. The maximum Gasteiger partial charge on any atom is 0.0827 e. The van der Waals surface area contributed by atoms with E-state index in [-0.39, 0.29) is 0 Å². The van der Waals surface area contributed by atoms with E-state index in [4.69, 9.17) is 0 Å². The van der Waals surface area contributed by atoms with Gasteiger partial charge in [0.25, 0.3) is 0 Å². The molecule has 1 unspecified atom stereocenters. The zero-order valence-corrected chi connectivity index (χ0v) is 8.15. The van der Waals surface area contributed by atoms with E-state index < -0.39 is 5.60 Å². The standard InChI is InChI=1S/C10H20O/c1-5-7-10(11,6-2)8-9(3)4/h8,11H,5-7H2,1-4H3. The van der Waals surface area contributed by atoms with Gasteiger partial charge in [-0.2, -0.15) is 0 Å². The molecular weight excluding hydrogens is 136 g/mol. The summed E-state index contributed by atoms with van der Waals surface area (Å²) < 4.78 is 0. The van der Waals surface area contributed by atoms with Gasteiger partial charge in [0.15, 0.2) is 0 Å². The van der Waals surface area contributed by atoms with Crippen LogP contribution in [0, 0.1) is 0 Å². The van der Waals surface area contributed by atoms with Crippen LogP contribution in [0.1, 0.15) is 47.0 Å². The zero-order valence-electron chi connectivity index (χ0n) is 8.15. The van der Waals surface area contributed by atoms with Crippen LogP contribution in [-0.4, -0.2) is 10.7 Å². The van der Waals surface area contributed by atoms with E-state index in [9.17, 15) is 5.11 Å². The second-order valence-corrected chi connectivity index (χ2v) is 3.43. The molecular formula is C10H20O. The van der Waals surface area contributed by atoms with E-state index in [0.717, 1.165) is 19.3 Å². The third kappa shape index (κ3) is 4.20. The molecule has 0 amide bonds. The molecule has 0 aliphatic carbocycles. The first-order valence-corrected chi connectivity index (χ1v) is 4.42. The Hall–Kier alpha value is -0.300. The minimum atomic E-state index is -0.548. The highest BCUT2D eigenvalue weighted by atomic mass is 16.3. The van der Waals surface area contributed by atoms with Gasteiger partial charge in [-0.05, 0) is 26.7 Å². The van der Waals surface area contributed by atoms with Crippen LogP contribution in [0.25, 0.3) is 0 Å². The van der Waals surface area contributed by atoms with Crippen LogP contribution in [0.4, 0.5) is 0 Å². The van der Waals surface area contributed by atoms with Gasteiger partial charge in [-0.25, -0.2) is 0 Å². The Bertz CT molecular complexity index is 134. The SMILES string of the molecule is CCCC(O)(C=C(C)C)CC. The van der Waals surface area contributed by atoms with Crippen LogP contribution in [-0.2, 0) is 0 Å². The highest BCUT2D eigenvalue weighted by Gasteiger charge is 2.19. The van der Waals surface area contributed by atoms with E-state index >= 15 is 0 Å². The van der Waals surface area contributed by atoms with Gasteiger partial charge >= 0.3 is 0 Å². The Kier molecular flexibility index (Phi) is 4.43. The van der Waals surface area contributed by atoms with E-state index in [1.807, 2.05) is 26.8 Å². The van der Waals surface area contributed by atoms with Crippen LogP contribution < -0.4 is 0 Å². The quantitative estimate of drug-likeness (QED) is 0.620. The second kappa shape index (κ2) is 4.55. The lowest BCUT2D eigenvalue weighted by atomic mass is 9.93. The van der Waals surface area contributed by atoms with Crippen molar-refractivity contribution in [2.24, 2.45) is 0 Å². The Morgan fingerprint density at radius 2 is 1.91 bits per heavy atom. The molecule has 11 heavy (non-hydrogen) atoms. The first-order valence-electron chi connectivity index (χ1n) is 4.42. The molecule has 0 aliphatic heterocycles. The summed E-state index contributed by atoms with van der Waals surface area (Å²) in [6.45, 7) is 8.17. The Morgan fingerprint density at radius 3 is 2.18 bits per heavy atom. The molecule has 0 saturated carbocycles. The molecule has 0 aromatic rings. The predicted octanol–water partition coefficient (Wildman–Crippen LogP) is 2.89. The molecule has 1 heteroatoms. The van der Waals surface area contributed by atoms with Crippen LogP contribution in [0.5, 0.6) is 0 Å². The van der Waals surface area contributed by atoms with E-state index in [0.29, 0.717) is 0 Å². The lowest BCUT2D eigenvalue weighted by Gasteiger charge is -2.22. The summed E-state index contributed by atoms with van der Waals surface area (Å²) in [5.74, 6) is 0. The summed E-state index contributed by atoms with van der Waals surface area (Å²) in [7, 11) is 0. The van der Waals surface area contributed by atoms with Crippen molar-refractivity contribution >= 4 is 0 Å². The van der Waals surface area contributed by atoms with Gasteiger partial charge in [0, 0.05) is 0 Å². The summed E-state index contributed by atoms with van der Waals surface area (Å²) in [6.07, 6.45) is 4.69. The fourth-order valence-corrected chi connectivity index (χ4v) is 1.32. The molecule has 0 aromatic heterocycles.